The molecule has 3 rings (SSSR count). The standard InChI is InChI=1S/C14H14BrN5OS/c1-8-3-4-10(7-11(8)15)16-12(21)5-6-13-19-20-9(2)17-18-14(20)22-13/h3-4,7H,5-6H2,1-2H3,(H,16,21). The average molecular weight is 380 g/mol. The Balaban J connectivity index is 1.60. The average Bonchev–Trinajstić information content (AvgIpc) is 3.03. The van der Waals surface area contributed by atoms with Crippen LogP contribution in [0.2, 0.25) is 0 Å². The van der Waals surface area contributed by atoms with Gasteiger partial charge < -0.3 is 5.32 Å². The molecule has 0 saturated carbocycles. The molecule has 1 N–H and O–H groups in total. The zero-order valence-electron chi connectivity index (χ0n) is 12.1. The summed E-state index contributed by atoms with van der Waals surface area (Å²) in [5.41, 5.74) is 1.92. The van der Waals surface area contributed by atoms with Gasteiger partial charge in [-0.15, -0.1) is 10.2 Å². The van der Waals surface area contributed by atoms with Crippen LogP contribution in [0, 0.1) is 13.8 Å². The van der Waals surface area contributed by atoms with Gasteiger partial charge in [0, 0.05) is 23.0 Å². The molecule has 1 amide bonds. The van der Waals surface area contributed by atoms with Gasteiger partial charge in [0.15, 0.2) is 5.82 Å². The second kappa shape index (κ2) is 6.13. The summed E-state index contributed by atoms with van der Waals surface area (Å²) in [5.74, 6) is 0.727. The molecule has 8 heteroatoms. The Hall–Kier alpha value is -1.80. The molecule has 2 heterocycles. The molecule has 0 unspecified atom stereocenters. The number of benzene rings is 1. The zero-order valence-corrected chi connectivity index (χ0v) is 14.5. The van der Waals surface area contributed by atoms with Crippen molar-refractivity contribution in [2.24, 2.45) is 0 Å². The summed E-state index contributed by atoms with van der Waals surface area (Å²) in [6.07, 6.45) is 0.973. The fourth-order valence-corrected chi connectivity index (χ4v) is 3.23. The first-order valence-electron chi connectivity index (χ1n) is 6.76. The van der Waals surface area contributed by atoms with E-state index in [2.05, 4.69) is 36.5 Å². The van der Waals surface area contributed by atoms with Gasteiger partial charge in [0.2, 0.25) is 10.9 Å². The number of aryl methyl sites for hydroxylation is 3. The van der Waals surface area contributed by atoms with E-state index in [4.69, 9.17) is 0 Å². The van der Waals surface area contributed by atoms with E-state index in [9.17, 15) is 4.79 Å². The highest BCUT2D eigenvalue weighted by Gasteiger charge is 2.10. The van der Waals surface area contributed by atoms with Crippen LogP contribution in [0.1, 0.15) is 22.8 Å². The van der Waals surface area contributed by atoms with E-state index in [1.165, 1.54) is 11.3 Å². The van der Waals surface area contributed by atoms with E-state index in [1.807, 2.05) is 32.0 Å². The Bertz CT molecular complexity index is 841. The number of halogens is 1. The maximum Gasteiger partial charge on any atom is 0.234 e. The maximum absolute atomic E-state index is 12.0. The van der Waals surface area contributed by atoms with Crippen LogP contribution in [0.3, 0.4) is 0 Å². The van der Waals surface area contributed by atoms with Crippen molar-refractivity contribution in [2.45, 2.75) is 26.7 Å². The Morgan fingerprint density at radius 3 is 2.91 bits per heavy atom. The first-order valence-corrected chi connectivity index (χ1v) is 8.37. The minimum atomic E-state index is -0.0292. The van der Waals surface area contributed by atoms with Gasteiger partial charge in [-0.1, -0.05) is 33.3 Å². The van der Waals surface area contributed by atoms with Crippen LogP contribution in [0.4, 0.5) is 5.69 Å². The number of hydrogen-bond acceptors (Lipinski definition) is 5. The molecule has 0 bridgehead atoms. The van der Waals surface area contributed by atoms with Gasteiger partial charge in [-0.2, -0.15) is 9.61 Å². The molecule has 1 aromatic carbocycles. The van der Waals surface area contributed by atoms with Gasteiger partial charge in [-0.25, -0.2) is 0 Å². The van der Waals surface area contributed by atoms with Gasteiger partial charge in [-0.3, -0.25) is 4.79 Å². The zero-order chi connectivity index (χ0) is 15.7. The van der Waals surface area contributed by atoms with Crippen molar-refractivity contribution in [1.82, 2.24) is 19.8 Å². The number of nitrogens with zero attached hydrogens (tertiary/aromatic N) is 4. The van der Waals surface area contributed by atoms with Crippen molar-refractivity contribution in [3.63, 3.8) is 0 Å². The van der Waals surface area contributed by atoms with Gasteiger partial charge >= 0.3 is 0 Å². The first kappa shape index (κ1) is 15.1. The molecular weight excluding hydrogens is 366 g/mol. The summed E-state index contributed by atoms with van der Waals surface area (Å²) in [6, 6.07) is 5.76. The van der Waals surface area contributed by atoms with Gasteiger partial charge in [-0.05, 0) is 31.5 Å². The molecular formula is C14H14BrN5OS. The molecule has 2 aromatic heterocycles. The molecule has 114 valence electrons. The highest BCUT2D eigenvalue weighted by atomic mass is 79.9. The van der Waals surface area contributed by atoms with Gasteiger partial charge in [0.1, 0.15) is 5.01 Å². The van der Waals surface area contributed by atoms with Crippen LogP contribution in [-0.2, 0) is 11.2 Å². The number of fused-ring (bicyclic) bond motifs is 1. The van der Waals surface area contributed by atoms with Crippen molar-refractivity contribution < 1.29 is 4.79 Å². The lowest BCUT2D eigenvalue weighted by molar-refractivity contribution is -0.116. The number of hydrogen-bond donors (Lipinski definition) is 1. The summed E-state index contributed by atoms with van der Waals surface area (Å²) in [5, 5.41) is 16.1. The molecule has 0 radical (unpaired) electrons. The third-order valence-corrected chi connectivity index (χ3v) is 5.02. The second-order valence-electron chi connectivity index (χ2n) is 4.95. The molecule has 0 aliphatic rings. The topological polar surface area (TPSA) is 72.2 Å². The molecule has 0 aliphatic carbocycles. The summed E-state index contributed by atoms with van der Waals surface area (Å²) < 4.78 is 2.68. The summed E-state index contributed by atoms with van der Waals surface area (Å²) in [4.78, 5) is 12.8. The van der Waals surface area contributed by atoms with E-state index >= 15 is 0 Å². The lowest BCUT2D eigenvalue weighted by atomic mass is 10.2. The normalized spacial score (nSPS) is 11.0. The summed E-state index contributed by atoms with van der Waals surface area (Å²) in [6.45, 7) is 3.86. The summed E-state index contributed by atoms with van der Waals surface area (Å²) in [7, 11) is 0. The number of anilines is 1. The number of aromatic nitrogens is 4. The van der Waals surface area contributed by atoms with Crippen LogP contribution in [-0.4, -0.2) is 25.7 Å². The van der Waals surface area contributed by atoms with Crippen LogP contribution in [0.5, 0.6) is 0 Å². The number of rotatable bonds is 4. The van der Waals surface area contributed by atoms with Gasteiger partial charge in [0.05, 0.1) is 0 Å². The quantitative estimate of drug-likeness (QED) is 0.755. The van der Waals surface area contributed by atoms with E-state index in [-0.39, 0.29) is 5.91 Å². The van der Waals surface area contributed by atoms with Crippen molar-refractivity contribution in [3.05, 3.63) is 39.1 Å². The molecule has 6 nitrogen and oxygen atoms in total. The highest BCUT2D eigenvalue weighted by molar-refractivity contribution is 9.10. The molecule has 0 atom stereocenters. The van der Waals surface area contributed by atoms with E-state index < -0.39 is 0 Å². The molecule has 0 spiro atoms. The fraction of sp³-hybridized carbons (Fsp3) is 0.286. The largest absolute Gasteiger partial charge is 0.326 e. The van der Waals surface area contributed by atoms with Crippen LogP contribution in [0.15, 0.2) is 22.7 Å². The van der Waals surface area contributed by atoms with Crippen molar-refractivity contribution >= 4 is 43.8 Å². The third-order valence-electron chi connectivity index (χ3n) is 3.21. The molecule has 0 aliphatic heterocycles. The fourth-order valence-electron chi connectivity index (χ4n) is 1.97. The van der Waals surface area contributed by atoms with E-state index in [0.29, 0.717) is 12.8 Å². The number of carbonyl (C=O) groups excluding carboxylic acids is 1. The van der Waals surface area contributed by atoms with Gasteiger partial charge in [0.25, 0.3) is 0 Å². The first-order chi connectivity index (χ1) is 10.5. The molecule has 0 saturated heterocycles. The lowest BCUT2D eigenvalue weighted by Crippen LogP contribution is -2.12. The smallest absolute Gasteiger partial charge is 0.234 e. The maximum atomic E-state index is 12.0. The van der Waals surface area contributed by atoms with Crippen molar-refractivity contribution in [3.8, 4) is 0 Å². The predicted octanol–water partition coefficient (Wildman–Crippen LogP) is 3.14. The summed E-state index contributed by atoms with van der Waals surface area (Å²) >= 11 is 4.92. The van der Waals surface area contributed by atoms with Crippen LogP contribution in [0.25, 0.3) is 4.96 Å². The number of nitrogens with one attached hydrogen (secondary N) is 1. The molecule has 22 heavy (non-hydrogen) atoms. The highest BCUT2D eigenvalue weighted by Crippen LogP contribution is 2.21. The van der Waals surface area contributed by atoms with E-state index in [0.717, 1.165) is 31.5 Å². The van der Waals surface area contributed by atoms with Crippen molar-refractivity contribution in [2.75, 3.05) is 5.32 Å². The SMILES string of the molecule is Cc1ccc(NC(=O)CCc2nn3c(C)nnc3s2)cc1Br. The molecule has 0 fully saturated rings. The monoisotopic (exact) mass is 379 g/mol. The minimum absolute atomic E-state index is 0.0292. The van der Waals surface area contributed by atoms with Crippen molar-refractivity contribution in [1.29, 1.82) is 0 Å². The van der Waals surface area contributed by atoms with Crippen LogP contribution >= 0.6 is 27.3 Å². The van der Waals surface area contributed by atoms with Crippen LogP contribution < -0.4 is 5.32 Å². The number of carbonyl (C=O) groups is 1. The lowest BCUT2D eigenvalue weighted by Gasteiger charge is -2.06. The third kappa shape index (κ3) is 3.17. The van der Waals surface area contributed by atoms with E-state index in [1.54, 1.807) is 4.52 Å². The Morgan fingerprint density at radius 2 is 2.18 bits per heavy atom. The molecule has 3 aromatic rings. The predicted molar refractivity (Wildman–Crippen MR) is 89.2 cm³/mol. The second-order valence-corrected chi connectivity index (χ2v) is 6.84. The Labute approximate surface area is 139 Å². The Morgan fingerprint density at radius 1 is 1.36 bits per heavy atom. The number of amides is 1. The minimum Gasteiger partial charge on any atom is -0.326 e. The Kier molecular flexibility index (Phi) is 4.21.